The van der Waals surface area contributed by atoms with Crippen molar-refractivity contribution in [3.05, 3.63) is 29.3 Å². The van der Waals surface area contributed by atoms with E-state index in [2.05, 4.69) is 5.32 Å². The number of aryl methyl sites for hydroxylation is 1. The normalized spacial score (nSPS) is 28.1. The summed E-state index contributed by atoms with van der Waals surface area (Å²) in [7, 11) is 1.61. The van der Waals surface area contributed by atoms with Crippen molar-refractivity contribution in [2.45, 2.75) is 37.1 Å². The monoisotopic (exact) mass is 275 g/mol. The Hall–Kier alpha value is -2.04. The van der Waals surface area contributed by atoms with E-state index in [-0.39, 0.29) is 12.3 Å². The van der Waals surface area contributed by atoms with Crippen LogP contribution in [0.25, 0.3) is 0 Å². The van der Waals surface area contributed by atoms with Gasteiger partial charge < -0.3 is 15.2 Å². The number of nitrogens with one attached hydrogen (secondary N) is 1. The predicted molar refractivity (Wildman–Crippen MR) is 71.8 cm³/mol. The number of benzene rings is 1. The molecule has 5 heteroatoms. The van der Waals surface area contributed by atoms with Crippen molar-refractivity contribution < 1.29 is 19.4 Å². The second kappa shape index (κ2) is 4.51. The lowest BCUT2D eigenvalue weighted by Crippen LogP contribution is -2.48. The molecule has 1 fully saturated rings. The Balaban J connectivity index is 2.12. The first kappa shape index (κ1) is 13.0. The van der Waals surface area contributed by atoms with E-state index in [4.69, 9.17) is 4.74 Å². The first-order valence-electron chi connectivity index (χ1n) is 6.76. The zero-order valence-corrected chi connectivity index (χ0v) is 11.3. The molecule has 2 aliphatic rings. The Morgan fingerprint density at radius 2 is 2.30 bits per heavy atom. The van der Waals surface area contributed by atoms with Crippen molar-refractivity contribution >= 4 is 11.9 Å². The van der Waals surface area contributed by atoms with Gasteiger partial charge >= 0.3 is 5.97 Å². The number of amides is 1. The zero-order valence-electron chi connectivity index (χ0n) is 11.3. The first-order chi connectivity index (χ1) is 9.56. The minimum absolute atomic E-state index is 0.180. The van der Waals surface area contributed by atoms with Crippen LogP contribution in [0.3, 0.4) is 0 Å². The van der Waals surface area contributed by atoms with Crippen molar-refractivity contribution in [2.24, 2.45) is 0 Å². The van der Waals surface area contributed by atoms with Crippen LogP contribution in [0.1, 0.15) is 30.4 Å². The van der Waals surface area contributed by atoms with E-state index in [0.29, 0.717) is 0 Å². The van der Waals surface area contributed by atoms with Gasteiger partial charge in [0.05, 0.1) is 7.11 Å². The number of hydrogen-bond donors (Lipinski definition) is 2. The summed E-state index contributed by atoms with van der Waals surface area (Å²) in [4.78, 5) is 23.3. The van der Waals surface area contributed by atoms with Gasteiger partial charge in [-0.2, -0.15) is 0 Å². The van der Waals surface area contributed by atoms with Gasteiger partial charge in [-0.1, -0.05) is 6.07 Å². The Morgan fingerprint density at radius 3 is 3.00 bits per heavy atom. The van der Waals surface area contributed by atoms with Crippen molar-refractivity contribution in [3.63, 3.8) is 0 Å². The molecule has 1 saturated heterocycles. The summed E-state index contributed by atoms with van der Waals surface area (Å²) in [5.41, 5.74) is 1.47. The fraction of sp³-hybridized carbons (Fsp3) is 0.467. The second-order valence-corrected chi connectivity index (χ2v) is 5.55. The van der Waals surface area contributed by atoms with Crippen LogP contribution in [0.15, 0.2) is 18.2 Å². The van der Waals surface area contributed by atoms with E-state index < -0.39 is 17.4 Å². The number of fused-ring (bicyclic) bond motifs is 2. The van der Waals surface area contributed by atoms with E-state index in [1.807, 2.05) is 18.2 Å². The molecule has 0 bridgehead atoms. The quantitative estimate of drug-likeness (QED) is 0.851. The third-order valence-corrected chi connectivity index (χ3v) is 4.50. The van der Waals surface area contributed by atoms with Crippen LogP contribution in [0, 0.1) is 0 Å². The predicted octanol–water partition coefficient (Wildman–Crippen LogP) is 1.24. The van der Waals surface area contributed by atoms with Crippen molar-refractivity contribution in [1.29, 1.82) is 0 Å². The molecule has 3 rings (SSSR count). The lowest BCUT2D eigenvalue weighted by Gasteiger charge is -2.37. The highest BCUT2D eigenvalue weighted by molar-refractivity contribution is 5.91. The largest absolute Gasteiger partial charge is 0.497 e. The lowest BCUT2D eigenvalue weighted by molar-refractivity contribution is -0.141. The Bertz CT molecular complexity index is 583. The van der Waals surface area contributed by atoms with Crippen molar-refractivity contribution in [1.82, 2.24) is 5.32 Å². The maximum Gasteiger partial charge on any atom is 0.327 e. The molecule has 2 unspecified atom stereocenters. The summed E-state index contributed by atoms with van der Waals surface area (Å²) in [6.45, 7) is 0. The number of hydrogen-bond acceptors (Lipinski definition) is 3. The van der Waals surface area contributed by atoms with Gasteiger partial charge in [0.15, 0.2) is 0 Å². The van der Waals surface area contributed by atoms with Crippen molar-refractivity contribution in [2.75, 3.05) is 7.11 Å². The molecule has 2 atom stereocenters. The third kappa shape index (κ3) is 1.77. The van der Waals surface area contributed by atoms with Crippen molar-refractivity contribution in [3.8, 4) is 5.75 Å². The molecule has 1 heterocycles. The van der Waals surface area contributed by atoms with Gasteiger partial charge in [-0.05, 0) is 42.5 Å². The molecular weight excluding hydrogens is 258 g/mol. The topological polar surface area (TPSA) is 75.6 Å². The van der Waals surface area contributed by atoms with Gasteiger partial charge in [0.1, 0.15) is 11.8 Å². The highest BCUT2D eigenvalue weighted by Crippen LogP contribution is 2.46. The molecule has 0 radical (unpaired) electrons. The van der Waals surface area contributed by atoms with Gasteiger partial charge in [-0.25, -0.2) is 4.79 Å². The van der Waals surface area contributed by atoms with Crippen LogP contribution in [-0.4, -0.2) is 30.1 Å². The summed E-state index contributed by atoms with van der Waals surface area (Å²) in [6, 6.07) is 4.89. The molecule has 0 aromatic heterocycles. The van der Waals surface area contributed by atoms with Gasteiger partial charge in [0.25, 0.3) is 0 Å². The van der Waals surface area contributed by atoms with Gasteiger partial charge in [-0.3, -0.25) is 4.79 Å². The van der Waals surface area contributed by atoms with Gasteiger partial charge in [-0.15, -0.1) is 0 Å². The van der Waals surface area contributed by atoms with E-state index in [0.717, 1.165) is 36.1 Å². The maximum atomic E-state index is 11.8. The smallest absolute Gasteiger partial charge is 0.327 e. The van der Waals surface area contributed by atoms with E-state index in [1.165, 1.54) is 0 Å². The van der Waals surface area contributed by atoms with Crippen LogP contribution >= 0.6 is 0 Å². The Kier molecular flexibility index (Phi) is 2.92. The maximum absolute atomic E-state index is 11.8. The number of ether oxygens (including phenoxy) is 1. The molecule has 5 nitrogen and oxygen atoms in total. The number of methoxy groups -OCH3 is 1. The van der Waals surface area contributed by atoms with E-state index >= 15 is 0 Å². The number of aliphatic carboxylic acids is 1. The molecule has 1 aromatic rings. The van der Waals surface area contributed by atoms with Crippen LogP contribution in [-0.2, 0) is 21.4 Å². The van der Waals surface area contributed by atoms with Crippen LogP contribution < -0.4 is 10.1 Å². The molecule has 2 N–H and O–H groups in total. The van der Waals surface area contributed by atoms with Crippen LogP contribution in [0.2, 0.25) is 0 Å². The van der Waals surface area contributed by atoms with E-state index in [9.17, 15) is 14.7 Å². The van der Waals surface area contributed by atoms with Crippen LogP contribution in [0.4, 0.5) is 0 Å². The standard InChI is InChI=1S/C15H17NO4/c1-20-10-4-5-11-9(7-10)3-2-6-15(11)8-12(17)16-13(15)14(18)19/h4-5,7,13H,2-3,6,8H2,1H3,(H,16,17)(H,18,19). The summed E-state index contributed by atoms with van der Waals surface area (Å²) in [5.74, 6) is -0.370. The SMILES string of the molecule is COc1ccc2c(c1)CCCC21CC(=O)NC1C(=O)O. The highest BCUT2D eigenvalue weighted by Gasteiger charge is 2.53. The molecule has 20 heavy (non-hydrogen) atoms. The number of carbonyl (C=O) groups excluding carboxylic acids is 1. The average Bonchev–Trinajstić information content (AvgIpc) is 2.76. The first-order valence-corrected chi connectivity index (χ1v) is 6.76. The summed E-state index contributed by atoms with van der Waals surface area (Å²) in [6.07, 6.45) is 2.76. The highest BCUT2D eigenvalue weighted by atomic mass is 16.5. The second-order valence-electron chi connectivity index (χ2n) is 5.55. The average molecular weight is 275 g/mol. The molecule has 0 saturated carbocycles. The minimum atomic E-state index is -0.959. The molecule has 1 amide bonds. The molecule has 106 valence electrons. The minimum Gasteiger partial charge on any atom is -0.497 e. The Morgan fingerprint density at radius 1 is 1.50 bits per heavy atom. The number of rotatable bonds is 2. The van der Waals surface area contributed by atoms with Gasteiger partial charge in [0, 0.05) is 11.8 Å². The van der Waals surface area contributed by atoms with Gasteiger partial charge in [0.2, 0.25) is 5.91 Å². The molecule has 1 aromatic carbocycles. The molecular formula is C15H17NO4. The molecule has 1 spiro atoms. The number of carboxylic acids is 1. The zero-order chi connectivity index (χ0) is 14.3. The third-order valence-electron chi connectivity index (χ3n) is 4.50. The number of carboxylic acid groups (broad SMARTS) is 1. The fourth-order valence-electron chi connectivity index (χ4n) is 3.64. The molecule has 1 aliphatic heterocycles. The van der Waals surface area contributed by atoms with Crippen LogP contribution in [0.5, 0.6) is 5.75 Å². The fourth-order valence-corrected chi connectivity index (χ4v) is 3.64. The summed E-state index contributed by atoms with van der Waals surface area (Å²) < 4.78 is 5.23. The summed E-state index contributed by atoms with van der Waals surface area (Å²) in [5, 5.41) is 12.0. The number of carbonyl (C=O) groups is 2. The summed E-state index contributed by atoms with van der Waals surface area (Å²) >= 11 is 0. The molecule has 1 aliphatic carbocycles. The lowest BCUT2D eigenvalue weighted by atomic mass is 9.65. The Labute approximate surface area is 116 Å². The van der Waals surface area contributed by atoms with E-state index in [1.54, 1.807) is 7.11 Å².